The molecule has 0 aliphatic heterocycles. The Morgan fingerprint density at radius 2 is 1.85 bits per heavy atom. The standard InChI is InChI=1S/C25H24N4O3S2/c1-3-7-23(31)26-18-13-11-17(12-14-18)20(30)16-34-25-28-27-24(22-10-6-15-33-22)29(25)19-8-4-5-9-21(19)32-2/h4-6,8-15H,3,7,16H2,1-2H3,(H,26,31). The third-order valence-electron chi connectivity index (χ3n) is 5.00. The number of thioether (sulfide) groups is 1. The molecule has 0 saturated heterocycles. The van der Waals surface area contributed by atoms with Gasteiger partial charge in [-0.05, 0) is 54.3 Å². The summed E-state index contributed by atoms with van der Waals surface area (Å²) < 4.78 is 7.49. The highest BCUT2D eigenvalue weighted by Gasteiger charge is 2.20. The number of carbonyl (C=O) groups is 2. The minimum absolute atomic E-state index is 0.0330. The molecule has 0 atom stereocenters. The molecule has 0 spiro atoms. The van der Waals surface area contributed by atoms with E-state index in [0.717, 1.165) is 17.0 Å². The Hall–Kier alpha value is -3.43. The van der Waals surface area contributed by atoms with E-state index in [1.807, 2.05) is 53.3 Å². The predicted molar refractivity (Wildman–Crippen MR) is 136 cm³/mol. The fraction of sp³-hybridized carbons (Fsp3) is 0.200. The first-order valence-corrected chi connectivity index (χ1v) is 12.7. The topological polar surface area (TPSA) is 86.1 Å². The average molecular weight is 493 g/mol. The van der Waals surface area contributed by atoms with E-state index in [4.69, 9.17) is 4.74 Å². The molecule has 0 unspecified atom stereocenters. The Kier molecular flexibility index (Phi) is 7.76. The van der Waals surface area contributed by atoms with Gasteiger partial charge in [-0.3, -0.25) is 14.2 Å². The number of rotatable bonds is 10. The molecular formula is C25H24N4O3S2. The van der Waals surface area contributed by atoms with Crippen LogP contribution in [0.4, 0.5) is 5.69 Å². The molecule has 9 heteroatoms. The molecule has 0 radical (unpaired) electrons. The Bertz CT molecular complexity index is 1270. The predicted octanol–water partition coefficient (Wildman–Crippen LogP) is 5.72. The van der Waals surface area contributed by atoms with Crippen LogP contribution in [0.5, 0.6) is 5.75 Å². The second kappa shape index (κ2) is 11.1. The van der Waals surface area contributed by atoms with Crippen LogP contribution >= 0.6 is 23.1 Å². The minimum Gasteiger partial charge on any atom is -0.495 e. The number of hydrogen-bond donors (Lipinski definition) is 1. The van der Waals surface area contributed by atoms with E-state index in [1.54, 1.807) is 42.7 Å². The second-order valence-electron chi connectivity index (χ2n) is 7.38. The molecule has 4 aromatic rings. The van der Waals surface area contributed by atoms with E-state index in [-0.39, 0.29) is 17.4 Å². The first-order valence-electron chi connectivity index (χ1n) is 10.8. The van der Waals surface area contributed by atoms with E-state index in [2.05, 4.69) is 15.5 Å². The molecule has 34 heavy (non-hydrogen) atoms. The summed E-state index contributed by atoms with van der Waals surface area (Å²) in [7, 11) is 1.62. The number of nitrogens with zero attached hydrogens (tertiary/aromatic N) is 3. The van der Waals surface area contributed by atoms with E-state index < -0.39 is 0 Å². The maximum atomic E-state index is 12.9. The highest BCUT2D eigenvalue weighted by Crippen LogP contribution is 2.34. The molecule has 0 bridgehead atoms. The number of para-hydroxylation sites is 2. The number of nitrogens with one attached hydrogen (secondary N) is 1. The molecule has 174 valence electrons. The smallest absolute Gasteiger partial charge is 0.224 e. The highest BCUT2D eigenvalue weighted by atomic mass is 32.2. The Morgan fingerprint density at radius 1 is 1.06 bits per heavy atom. The van der Waals surface area contributed by atoms with Crippen LogP contribution in [-0.2, 0) is 4.79 Å². The van der Waals surface area contributed by atoms with Gasteiger partial charge in [-0.25, -0.2) is 0 Å². The van der Waals surface area contributed by atoms with Gasteiger partial charge in [0.25, 0.3) is 0 Å². The lowest BCUT2D eigenvalue weighted by molar-refractivity contribution is -0.116. The van der Waals surface area contributed by atoms with Gasteiger partial charge < -0.3 is 10.1 Å². The summed E-state index contributed by atoms with van der Waals surface area (Å²) in [5.74, 6) is 1.51. The van der Waals surface area contributed by atoms with Crippen molar-refractivity contribution in [3.8, 4) is 22.1 Å². The van der Waals surface area contributed by atoms with Crippen molar-refractivity contribution in [3.05, 3.63) is 71.6 Å². The minimum atomic E-state index is -0.0383. The van der Waals surface area contributed by atoms with Gasteiger partial charge >= 0.3 is 0 Å². The lowest BCUT2D eigenvalue weighted by atomic mass is 10.1. The fourth-order valence-corrected chi connectivity index (χ4v) is 4.90. The molecule has 0 aliphatic carbocycles. The summed E-state index contributed by atoms with van der Waals surface area (Å²) in [6, 6.07) is 18.6. The summed E-state index contributed by atoms with van der Waals surface area (Å²) in [6.07, 6.45) is 1.25. The van der Waals surface area contributed by atoms with Gasteiger partial charge in [0.1, 0.15) is 5.75 Å². The van der Waals surface area contributed by atoms with Crippen molar-refractivity contribution in [2.24, 2.45) is 0 Å². The number of amides is 1. The third kappa shape index (κ3) is 5.37. The highest BCUT2D eigenvalue weighted by molar-refractivity contribution is 7.99. The third-order valence-corrected chi connectivity index (χ3v) is 6.80. The number of anilines is 1. The first kappa shape index (κ1) is 23.7. The van der Waals surface area contributed by atoms with Crippen LogP contribution < -0.4 is 10.1 Å². The molecule has 0 aliphatic rings. The molecule has 1 amide bonds. The van der Waals surface area contributed by atoms with Gasteiger partial charge in [-0.1, -0.05) is 36.9 Å². The molecule has 0 fully saturated rings. The SMILES string of the molecule is CCCC(=O)Nc1ccc(C(=O)CSc2nnc(-c3cccs3)n2-c2ccccc2OC)cc1. The zero-order chi connectivity index (χ0) is 23.9. The molecule has 2 heterocycles. The molecule has 2 aromatic heterocycles. The van der Waals surface area contributed by atoms with Gasteiger partial charge in [0.15, 0.2) is 16.8 Å². The van der Waals surface area contributed by atoms with Crippen molar-refractivity contribution >= 4 is 40.5 Å². The summed E-state index contributed by atoms with van der Waals surface area (Å²) >= 11 is 2.89. The average Bonchev–Trinajstić information content (AvgIpc) is 3.53. The number of methoxy groups -OCH3 is 1. The maximum absolute atomic E-state index is 12.9. The van der Waals surface area contributed by atoms with Crippen LogP contribution in [0.25, 0.3) is 16.4 Å². The van der Waals surface area contributed by atoms with Crippen LogP contribution in [0.1, 0.15) is 30.1 Å². The Labute approximate surface area is 206 Å². The van der Waals surface area contributed by atoms with Crippen molar-refractivity contribution in [2.45, 2.75) is 24.9 Å². The van der Waals surface area contributed by atoms with Crippen molar-refractivity contribution in [1.82, 2.24) is 14.8 Å². The number of aromatic nitrogens is 3. The first-order chi connectivity index (χ1) is 16.6. The monoisotopic (exact) mass is 492 g/mol. The van der Waals surface area contributed by atoms with E-state index in [9.17, 15) is 9.59 Å². The van der Waals surface area contributed by atoms with Crippen molar-refractivity contribution in [2.75, 3.05) is 18.2 Å². The molecule has 7 nitrogen and oxygen atoms in total. The number of Topliss-reactive ketones (excluding diaryl/α,β-unsaturated/α-hetero) is 1. The number of thiophene rings is 1. The van der Waals surface area contributed by atoms with Crippen molar-refractivity contribution < 1.29 is 14.3 Å². The van der Waals surface area contributed by atoms with E-state index in [1.165, 1.54) is 11.8 Å². The molecule has 2 aromatic carbocycles. The van der Waals surface area contributed by atoms with Crippen molar-refractivity contribution in [3.63, 3.8) is 0 Å². The summed E-state index contributed by atoms with van der Waals surface area (Å²) in [5.41, 5.74) is 2.06. The zero-order valence-corrected chi connectivity index (χ0v) is 20.5. The van der Waals surface area contributed by atoms with Crippen LogP contribution in [0.15, 0.2) is 71.2 Å². The van der Waals surface area contributed by atoms with Gasteiger partial charge in [0.2, 0.25) is 5.91 Å². The second-order valence-corrected chi connectivity index (χ2v) is 9.27. The lowest BCUT2D eigenvalue weighted by Gasteiger charge is -2.13. The van der Waals surface area contributed by atoms with Gasteiger partial charge in [0, 0.05) is 17.7 Å². The van der Waals surface area contributed by atoms with Crippen LogP contribution in [-0.4, -0.2) is 39.3 Å². The Balaban J connectivity index is 1.54. The summed E-state index contributed by atoms with van der Waals surface area (Å²) in [6.45, 7) is 1.96. The lowest BCUT2D eigenvalue weighted by Crippen LogP contribution is -2.11. The van der Waals surface area contributed by atoms with E-state index >= 15 is 0 Å². The quantitative estimate of drug-likeness (QED) is 0.225. The van der Waals surface area contributed by atoms with Gasteiger partial charge in [0.05, 0.1) is 23.4 Å². The number of ketones is 1. The normalized spacial score (nSPS) is 10.8. The molecule has 0 saturated carbocycles. The van der Waals surface area contributed by atoms with Crippen LogP contribution in [0.3, 0.4) is 0 Å². The Morgan fingerprint density at radius 3 is 2.56 bits per heavy atom. The molecule has 4 rings (SSSR count). The number of ether oxygens (including phenoxy) is 1. The van der Waals surface area contributed by atoms with Gasteiger partial charge in [-0.2, -0.15) is 0 Å². The molecule has 1 N–H and O–H groups in total. The molecular weight excluding hydrogens is 468 g/mol. The van der Waals surface area contributed by atoms with Crippen LogP contribution in [0, 0.1) is 0 Å². The zero-order valence-electron chi connectivity index (χ0n) is 18.9. The largest absolute Gasteiger partial charge is 0.495 e. The number of carbonyl (C=O) groups excluding carboxylic acids is 2. The summed E-state index contributed by atoms with van der Waals surface area (Å²) in [4.78, 5) is 25.6. The van der Waals surface area contributed by atoms with Crippen molar-refractivity contribution in [1.29, 1.82) is 0 Å². The maximum Gasteiger partial charge on any atom is 0.224 e. The number of hydrogen-bond acceptors (Lipinski definition) is 7. The van der Waals surface area contributed by atoms with Gasteiger partial charge in [-0.15, -0.1) is 21.5 Å². The summed E-state index contributed by atoms with van der Waals surface area (Å²) in [5, 5.41) is 14.2. The number of benzene rings is 2. The fourth-order valence-electron chi connectivity index (χ4n) is 3.36. The van der Waals surface area contributed by atoms with E-state index in [0.29, 0.717) is 34.4 Å². The van der Waals surface area contributed by atoms with Crippen LogP contribution in [0.2, 0.25) is 0 Å².